The van der Waals surface area contributed by atoms with E-state index in [1.165, 1.54) is 18.1 Å². The number of hydrogen-bond acceptors (Lipinski definition) is 1. The highest BCUT2D eigenvalue weighted by atomic mass is 19.1. The zero-order chi connectivity index (χ0) is 8.10. The lowest BCUT2D eigenvalue weighted by Crippen LogP contribution is -1.79. The van der Waals surface area contributed by atoms with Crippen molar-refractivity contribution in [1.82, 2.24) is 0 Å². The SMILES string of the molecule is O[B]C=Cc1cccc(F)c1. The van der Waals surface area contributed by atoms with E-state index in [2.05, 4.69) is 0 Å². The van der Waals surface area contributed by atoms with E-state index in [1.54, 1.807) is 18.2 Å². The van der Waals surface area contributed by atoms with Crippen LogP contribution in [-0.4, -0.2) is 12.5 Å². The molecular formula is C8H7BFO. The summed E-state index contributed by atoms with van der Waals surface area (Å²) in [7, 11) is 0.908. The highest BCUT2D eigenvalue weighted by molar-refractivity contribution is 6.33. The molecule has 0 bridgehead atoms. The number of halogens is 1. The van der Waals surface area contributed by atoms with Gasteiger partial charge in [0.25, 0.3) is 0 Å². The molecule has 0 unspecified atom stereocenters. The maximum Gasteiger partial charge on any atom is 0.318 e. The molecule has 0 saturated heterocycles. The summed E-state index contributed by atoms with van der Waals surface area (Å²) in [5.41, 5.74) is 0.732. The zero-order valence-electron chi connectivity index (χ0n) is 5.87. The minimum absolute atomic E-state index is 0.273. The Kier molecular flexibility index (Phi) is 2.87. The Morgan fingerprint density at radius 3 is 2.91 bits per heavy atom. The highest BCUT2D eigenvalue weighted by Crippen LogP contribution is 2.04. The molecule has 1 radical (unpaired) electrons. The van der Waals surface area contributed by atoms with E-state index < -0.39 is 0 Å². The van der Waals surface area contributed by atoms with Crippen molar-refractivity contribution in [3.05, 3.63) is 41.6 Å². The predicted octanol–water partition coefficient (Wildman–Crippen LogP) is 1.41. The third-order valence-corrected chi connectivity index (χ3v) is 1.22. The van der Waals surface area contributed by atoms with Crippen LogP contribution in [0.4, 0.5) is 4.39 Å². The normalized spacial score (nSPS) is 10.4. The van der Waals surface area contributed by atoms with Gasteiger partial charge in [-0.1, -0.05) is 24.2 Å². The minimum atomic E-state index is -0.273. The maximum absolute atomic E-state index is 12.5. The lowest BCUT2D eigenvalue weighted by molar-refractivity contribution is 0.614. The van der Waals surface area contributed by atoms with Crippen molar-refractivity contribution in [2.24, 2.45) is 0 Å². The molecular weight excluding hydrogens is 142 g/mol. The van der Waals surface area contributed by atoms with Crippen molar-refractivity contribution in [1.29, 1.82) is 0 Å². The average molecular weight is 149 g/mol. The Balaban J connectivity index is 2.79. The van der Waals surface area contributed by atoms with Gasteiger partial charge in [-0.3, -0.25) is 0 Å². The Labute approximate surface area is 65.5 Å². The van der Waals surface area contributed by atoms with Crippen molar-refractivity contribution < 1.29 is 9.41 Å². The van der Waals surface area contributed by atoms with E-state index in [4.69, 9.17) is 5.02 Å². The summed E-state index contributed by atoms with van der Waals surface area (Å²) in [4.78, 5) is 0. The molecule has 0 fully saturated rings. The molecule has 1 aromatic rings. The molecule has 0 heterocycles. The van der Waals surface area contributed by atoms with Crippen LogP contribution in [0, 0.1) is 5.82 Å². The van der Waals surface area contributed by atoms with Crippen LogP contribution >= 0.6 is 0 Å². The molecule has 0 aliphatic carbocycles. The molecule has 1 N–H and O–H groups in total. The summed E-state index contributed by atoms with van der Waals surface area (Å²) in [5, 5.41) is 8.29. The summed E-state index contributed by atoms with van der Waals surface area (Å²) in [6.07, 6.45) is 1.61. The fraction of sp³-hybridized carbons (Fsp3) is 0. The Bertz CT molecular complexity index is 260. The van der Waals surface area contributed by atoms with Crippen LogP contribution in [0.2, 0.25) is 0 Å². The molecule has 0 aromatic heterocycles. The summed E-state index contributed by atoms with van der Waals surface area (Å²) in [6.45, 7) is 0. The molecule has 1 rings (SSSR count). The second-order valence-electron chi connectivity index (χ2n) is 2.06. The van der Waals surface area contributed by atoms with Gasteiger partial charge in [0.2, 0.25) is 0 Å². The monoisotopic (exact) mass is 149 g/mol. The fourth-order valence-corrected chi connectivity index (χ4v) is 0.764. The first kappa shape index (κ1) is 8.02. The quantitative estimate of drug-likeness (QED) is 0.630. The van der Waals surface area contributed by atoms with Crippen LogP contribution in [0.1, 0.15) is 5.56 Å². The van der Waals surface area contributed by atoms with E-state index in [-0.39, 0.29) is 5.82 Å². The zero-order valence-corrected chi connectivity index (χ0v) is 5.87. The smallest absolute Gasteiger partial charge is 0.318 e. The molecule has 3 heteroatoms. The average Bonchev–Trinajstić information content (AvgIpc) is 2.01. The van der Waals surface area contributed by atoms with Crippen molar-refractivity contribution in [2.45, 2.75) is 0 Å². The molecule has 0 saturated carbocycles. The standard InChI is InChI=1S/C8H7BFO/c10-8-3-1-2-7(6-8)4-5-9-11/h1-6,11H. The summed E-state index contributed by atoms with van der Waals surface area (Å²) < 4.78 is 12.5. The first-order chi connectivity index (χ1) is 5.33. The minimum Gasteiger partial charge on any atom is -0.450 e. The van der Waals surface area contributed by atoms with Crippen molar-refractivity contribution in [2.75, 3.05) is 0 Å². The van der Waals surface area contributed by atoms with Gasteiger partial charge in [0, 0.05) is 0 Å². The van der Waals surface area contributed by atoms with Crippen LogP contribution in [-0.2, 0) is 0 Å². The number of hydrogen-bond donors (Lipinski definition) is 1. The van der Waals surface area contributed by atoms with E-state index in [0.717, 1.165) is 13.0 Å². The molecule has 0 aliphatic rings. The van der Waals surface area contributed by atoms with Crippen LogP contribution < -0.4 is 0 Å². The van der Waals surface area contributed by atoms with E-state index in [0.29, 0.717) is 0 Å². The molecule has 0 aliphatic heterocycles. The summed E-state index contributed by atoms with van der Waals surface area (Å²) in [5.74, 6) is 1.17. The molecule has 11 heavy (non-hydrogen) atoms. The molecule has 0 spiro atoms. The summed E-state index contributed by atoms with van der Waals surface area (Å²) >= 11 is 0. The third kappa shape index (κ3) is 2.56. The second kappa shape index (κ2) is 3.93. The van der Waals surface area contributed by atoms with Gasteiger partial charge in [-0.25, -0.2) is 4.39 Å². The Morgan fingerprint density at radius 1 is 1.45 bits per heavy atom. The third-order valence-electron chi connectivity index (χ3n) is 1.22. The first-order valence-corrected chi connectivity index (χ1v) is 3.22. The van der Waals surface area contributed by atoms with Crippen LogP contribution in [0.5, 0.6) is 0 Å². The predicted molar refractivity (Wildman–Crippen MR) is 43.4 cm³/mol. The van der Waals surface area contributed by atoms with Gasteiger partial charge in [0.15, 0.2) is 0 Å². The van der Waals surface area contributed by atoms with Gasteiger partial charge in [0.1, 0.15) is 5.82 Å². The van der Waals surface area contributed by atoms with Gasteiger partial charge in [-0.15, -0.1) is 0 Å². The summed E-state index contributed by atoms with van der Waals surface area (Å²) in [6, 6.07) is 6.13. The topological polar surface area (TPSA) is 20.2 Å². The fourth-order valence-electron chi connectivity index (χ4n) is 0.764. The Hall–Kier alpha value is -1.09. The second-order valence-corrected chi connectivity index (χ2v) is 2.06. The lowest BCUT2D eigenvalue weighted by Gasteiger charge is -1.91. The van der Waals surface area contributed by atoms with Gasteiger partial charge in [-0.2, -0.15) is 0 Å². The van der Waals surface area contributed by atoms with Crippen molar-refractivity contribution in [3.8, 4) is 0 Å². The van der Waals surface area contributed by atoms with Gasteiger partial charge >= 0.3 is 7.48 Å². The molecule has 0 amide bonds. The van der Waals surface area contributed by atoms with E-state index >= 15 is 0 Å². The van der Waals surface area contributed by atoms with E-state index in [9.17, 15) is 4.39 Å². The van der Waals surface area contributed by atoms with Gasteiger partial charge < -0.3 is 5.02 Å². The van der Waals surface area contributed by atoms with Gasteiger partial charge in [0.05, 0.1) is 0 Å². The van der Waals surface area contributed by atoms with Crippen LogP contribution in [0.25, 0.3) is 6.08 Å². The van der Waals surface area contributed by atoms with Crippen LogP contribution in [0.3, 0.4) is 0 Å². The first-order valence-electron chi connectivity index (χ1n) is 3.22. The molecule has 1 aromatic carbocycles. The molecule has 0 atom stereocenters. The largest absolute Gasteiger partial charge is 0.450 e. The van der Waals surface area contributed by atoms with Crippen molar-refractivity contribution in [3.63, 3.8) is 0 Å². The molecule has 1 nitrogen and oxygen atoms in total. The Morgan fingerprint density at radius 2 is 2.27 bits per heavy atom. The van der Waals surface area contributed by atoms with Crippen molar-refractivity contribution >= 4 is 13.6 Å². The number of benzene rings is 1. The van der Waals surface area contributed by atoms with Gasteiger partial charge in [-0.05, 0) is 17.7 Å². The highest BCUT2D eigenvalue weighted by Gasteiger charge is 1.88. The lowest BCUT2D eigenvalue weighted by atomic mass is 10.0. The number of rotatable bonds is 2. The van der Waals surface area contributed by atoms with E-state index in [1.807, 2.05) is 0 Å². The van der Waals surface area contributed by atoms with Crippen LogP contribution in [0.15, 0.2) is 30.2 Å². The molecule has 55 valence electrons. The maximum atomic E-state index is 12.5.